The Morgan fingerprint density at radius 1 is 1.25 bits per heavy atom. The molecule has 2 aromatic heterocycles. The Bertz CT molecular complexity index is 410. The topological polar surface area (TPSA) is 63.8 Å². The van der Waals surface area contributed by atoms with Gasteiger partial charge in [0.1, 0.15) is 0 Å². The minimum atomic E-state index is 0.666. The summed E-state index contributed by atoms with van der Waals surface area (Å²) < 4.78 is 0. The minimum Gasteiger partial charge on any atom is -0.330 e. The lowest BCUT2D eigenvalue weighted by Crippen LogP contribution is -2.13. The lowest BCUT2D eigenvalue weighted by atomic mass is 10.4. The first-order valence-electron chi connectivity index (χ1n) is 5.09. The molecule has 0 aromatic carbocycles. The van der Waals surface area contributed by atoms with Crippen LogP contribution in [0, 0.1) is 0 Å². The van der Waals surface area contributed by atoms with Crippen molar-refractivity contribution in [1.29, 1.82) is 0 Å². The Labute approximate surface area is 103 Å². The molecule has 0 bridgehead atoms. The highest BCUT2D eigenvalue weighted by atomic mass is 32.1. The molecule has 0 amide bonds. The van der Waals surface area contributed by atoms with Crippen LogP contribution in [0.15, 0.2) is 16.3 Å². The second-order valence-corrected chi connectivity index (χ2v) is 5.02. The highest BCUT2D eigenvalue weighted by molar-refractivity contribution is 7.09. The zero-order chi connectivity index (χ0) is 11.2. The van der Waals surface area contributed by atoms with Crippen LogP contribution in [-0.2, 0) is 19.5 Å². The number of thiazole rings is 2. The van der Waals surface area contributed by atoms with Crippen LogP contribution in [0.1, 0.15) is 16.4 Å². The maximum atomic E-state index is 5.48. The van der Waals surface area contributed by atoms with Crippen molar-refractivity contribution in [3.8, 4) is 0 Å². The molecule has 0 atom stereocenters. The van der Waals surface area contributed by atoms with Gasteiger partial charge in [-0.05, 0) is 6.54 Å². The smallest absolute Gasteiger partial charge is 0.0941 e. The molecule has 4 nitrogen and oxygen atoms in total. The number of nitrogens with one attached hydrogen (secondary N) is 1. The summed E-state index contributed by atoms with van der Waals surface area (Å²) in [7, 11) is 0. The molecule has 0 aliphatic heterocycles. The van der Waals surface area contributed by atoms with Gasteiger partial charge in [0.25, 0.3) is 0 Å². The average molecular weight is 254 g/mol. The van der Waals surface area contributed by atoms with Gasteiger partial charge in [-0.15, -0.1) is 22.7 Å². The predicted molar refractivity (Wildman–Crippen MR) is 67.5 cm³/mol. The summed E-state index contributed by atoms with van der Waals surface area (Å²) in [5.74, 6) is 0. The molecule has 0 fully saturated rings. The summed E-state index contributed by atoms with van der Waals surface area (Å²) >= 11 is 3.30. The van der Waals surface area contributed by atoms with Crippen LogP contribution in [0.4, 0.5) is 0 Å². The van der Waals surface area contributed by atoms with Crippen molar-refractivity contribution in [2.75, 3.05) is 6.54 Å². The van der Waals surface area contributed by atoms with E-state index >= 15 is 0 Å². The fraction of sp³-hybridized carbons (Fsp3) is 0.400. The van der Waals surface area contributed by atoms with Gasteiger partial charge in [-0.25, -0.2) is 9.97 Å². The van der Waals surface area contributed by atoms with E-state index in [2.05, 4.69) is 20.7 Å². The molecule has 16 heavy (non-hydrogen) atoms. The predicted octanol–water partition coefficient (Wildman–Crippen LogP) is 1.39. The lowest BCUT2D eigenvalue weighted by Gasteiger charge is -1.98. The van der Waals surface area contributed by atoms with Crippen LogP contribution in [0.3, 0.4) is 0 Å². The van der Waals surface area contributed by atoms with Gasteiger partial charge in [0.15, 0.2) is 0 Å². The Balaban J connectivity index is 1.76. The van der Waals surface area contributed by atoms with E-state index in [0.717, 1.165) is 35.9 Å². The third kappa shape index (κ3) is 3.34. The van der Waals surface area contributed by atoms with Crippen molar-refractivity contribution in [3.05, 3.63) is 32.7 Å². The van der Waals surface area contributed by atoms with Crippen LogP contribution in [0.2, 0.25) is 0 Å². The summed E-state index contributed by atoms with van der Waals surface area (Å²) in [6.07, 6.45) is 0.872. The van der Waals surface area contributed by atoms with Gasteiger partial charge in [-0.1, -0.05) is 0 Å². The van der Waals surface area contributed by atoms with Gasteiger partial charge < -0.3 is 11.1 Å². The van der Waals surface area contributed by atoms with E-state index in [9.17, 15) is 0 Å². The van der Waals surface area contributed by atoms with Gasteiger partial charge in [0.05, 0.1) is 21.9 Å². The second kappa shape index (κ2) is 6.05. The van der Waals surface area contributed by atoms with Crippen molar-refractivity contribution in [2.45, 2.75) is 19.5 Å². The van der Waals surface area contributed by atoms with Gasteiger partial charge in [0.2, 0.25) is 0 Å². The molecule has 86 valence electrons. The monoisotopic (exact) mass is 254 g/mol. The maximum absolute atomic E-state index is 5.48. The SMILES string of the molecule is NCCc1nc(CNCc2cscn2)cs1. The van der Waals surface area contributed by atoms with Crippen molar-refractivity contribution in [1.82, 2.24) is 15.3 Å². The van der Waals surface area contributed by atoms with E-state index in [1.807, 2.05) is 10.9 Å². The molecule has 2 heterocycles. The van der Waals surface area contributed by atoms with E-state index in [4.69, 9.17) is 5.73 Å². The molecule has 0 saturated heterocycles. The minimum absolute atomic E-state index is 0.666. The zero-order valence-electron chi connectivity index (χ0n) is 8.85. The fourth-order valence-corrected chi connectivity index (χ4v) is 2.68. The molecule has 6 heteroatoms. The normalized spacial score (nSPS) is 10.8. The first-order valence-corrected chi connectivity index (χ1v) is 6.92. The number of rotatable bonds is 6. The number of nitrogens with two attached hydrogens (primary N) is 1. The number of hydrogen-bond donors (Lipinski definition) is 2. The maximum Gasteiger partial charge on any atom is 0.0941 e. The van der Waals surface area contributed by atoms with E-state index in [1.165, 1.54) is 0 Å². The zero-order valence-corrected chi connectivity index (χ0v) is 10.5. The quantitative estimate of drug-likeness (QED) is 0.817. The summed E-state index contributed by atoms with van der Waals surface area (Å²) in [6, 6.07) is 0. The molecule has 0 saturated carbocycles. The van der Waals surface area contributed by atoms with Crippen molar-refractivity contribution < 1.29 is 0 Å². The van der Waals surface area contributed by atoms with Crippen molar-refractivity contribution >= 4 is 22.7 Å². The molecule has 2 rings (SSSR count). The Morgan fingerprint density at radius 3 is 2.88 bits per heavy atom. The van der Waals surface area contributed by atoms with E-state index in [1.54, 1.807) is 22.7 Å². The van der Waals surface area contributed by atoms with Crippen LogP contribution in [0.25, 0.3) is 0 Å². The second-order valence-electron chi connectivity index (χ2n) is 3.35. The molecule has 0 radical (unpaired) electrons. The molecule has 2 aromatic rings. The van der Waals surface area contributed by atoms with Crippen molar-refractivity contribution in [3.63, 3.8) is 0 Å². The number of hydrogen-bond acceptors (Lipinski definition) is 6. The first-order chi connectivity index (χ1) is 7.88. The van der Waals surface area contributed by atoms with Gasteiger partial charge in [-0.2, -0.15) is 0 Å². The molecule has 0 aliphatic carbocycles. The van der Waals surface area contributed by atoms with E-state index in [-0.39, 0.29) is 0 Å². The number of aromatic nitrogens is 2. The molecule has 0 aliphatic rings. The molecule has 0 unspecified atom stereocenters. The molecular weight excluding hydrogens is 240 g/mol. The molecular formula is C10H14N4S2. The highest BCUT2D eigenvalue weighted by Crippen LogP contribution is 2.10. The molecule has 3 N–H and O–H groups in total. The first kappa shape index (κ1) is 11.7. The number of nitrogens with zero attached hydrogens (tertiary/aromatic N) is 2. The Kier molecular flexibility index (Phi) is 4.41. The third-order valence-corrected chi connectivity index (χ3v) is 3.65. The summed E-state index contributed by atoms with van der Waals surface area (Å²) in [4.78, 5) is 8.68. The van der Waals surface area contributed by atoms with Crippen molar-refractivity contribution in [2.24, 2.45) is 5.73 Å². The Morgan fingerprint density at radius 2 is 2.12 bits per heavy atom. The highest BCUT2D eigenvalue weighted by Gasteiger charge is 2.01. The summed E-state index contributed by atoms with van der Waals surface area (Å²) in [5.41, 5.74) is 9.50. The van der Waals surface area contributed by atoms with E-state index in [0.29, 0.717) is 6.54 Å². The van der Waals surface area contributed by atoms with E-state index < -0.39 is 0 Å². The summed E-state index contributed by atoms with van der Waals surface area (Å²) in [6.45, 7) is 2.26. The average Bonchev–Trinajstić information content (AvgIpc) is 2.90. The largest absolute Gasteiger partial charge is 0.330 e. The Hall–Kier alpha value is -0.820. The fourth-order valence-electron chi connectivity index (χ4n) is 1.31. The van der Waals surface area contributed by atoms with Gasteiger partial charge in [-0.3, -0.25) is 0 Å². The third-order valence-electron chi connectivity index (χ3n) is 2.05. The summed E-state index contributed by atoms with van der Waals surface area (Å²) in [5, 5.41) is 8.57. The lowest BCUT2D eigenvalue weighted by molar-refractivity contribution is 0.671. The molecule has 0 spiro atoms. The standard InChI is InChI=1S/C10H14N4S2/c11-2-1-10-14-9(6-16-10)4-12-3-8-5-15-7-13-8/h5-7,12H,1-4,11H2. The van der Waals surface area contributed by atoms with Gasteiger partial charge in [0, 0.05) is 30.3 Å². The van der Waals surface area contributed by atoms with Crippen LogP contribution >= 0.6 is 22.7 Å². The van der Waals surface area contributed by atoms with Crippen LogP contribution in [-0.4, -0.2) is 16.5 Å². The van der Waals surface area contributed by atoms with Crippen LogP contribution in [0.5, 0.6) is 0 Å². The van der Waals surface area contributed by atoms with Gasteiger partial charge >= 0.3 is 0 Å². The van der Waals surface area contributed by atoms with Crippen LogP contribution < -0.4 is 11.1 Å².